The van der Waals surface area contributed by atoms with Crippen LogP contribution in [-0.4, -0.2) is 96.7 Å². The number of hydrogen-bond acceptors (Lipinski definition) is 15. The molecule has 0 aromatic carbocycles. The molecule has 0 saturated carbocycles. The second-order valence-electron chi connectivity index (χ2n) is 32.4. The van der Waals surface area contributed by atoms with Gasteiger partial charge in [-0.1, -0.05) is 402 Å². The van der Waals surface area contributed by atoms with Gasteiger partial charge < -0.3 is 33.8 Å². The van der Waals surface area contributed by atoms with Crippen molar-refractivity contribution in [1.29, 1.82) is 0 Å². The summed E-state index contributed by atoms with van der Waals surface area (Å²) < 4.78 is 68.9. The van der Waals surface area contributed by atoms with E-state index in [2.05, 4.69) is 48.5 Å². The molecule has 624 valence electrons. The van der Waals surface area contributed by atoms with Gasteiger partial charge in [0.15, 0.2) is 12.2 Å². The van der Waals surface area contributed by atoms with Gasteiger partial charge >= 0.3 is 39.5 Å². The average molecular weight is 1540 g/mol. The minimum absolute atomic E-state index is 0.108. The molecule has 0 saturated heterocycles. The first-order valence-electron chi connectivity index (χ1n) is 44.3. The lowest BCUT2D eigenvalue weighted by Gasteiger charge is -2.21. The second-order valence-corrected chi connectivity index (χ2v) is 35.3. The average Bonchev–Trinajstić information content (AvgIpc) is 0.907. The quantitative estimate of drug-likeness (QED) is 0.0222. The SMILES string of the molecule is CCCCCCCCCCCCCC(=O)OC[C@H](COP(=O)(O)OC[C@H](O)COP(=O)(O)OC[C@@H](COC(=O)CCCCCCCCCCCCCCCCCCC(C)C)OC(=O)CCCCCCCCCCCCCCCCCCC(C)C)OC(=O)CCCCCCCCCCCCCCCC(C)C. The predicted octanol–water partition coefficient (Wildman–Crippen LogP) is 26.1. The van der Waals surface area contributed by atoms with Crippen molar-refractivity contribution in [3.63, 3.8) is 0 Å². The van der Waals surface area contributed by atoms with E-state index in [0.29, 0.717) is 25.7 Å². The van der Waals surface area contributed by atoms with Crippen LogP contribution in [0.15, 0.2) is 0 Å². The lowest BCUT2D eigenvalue weighted by atomic mass is 10.0. The van der Waals surface area contributed by atoms with Gasteiger partial charge in [0.25, 0.3) is 0 Å². The van der Waals surface area contributed by atoms with Gasteiger partial charge in [-0.2, -0.15) is 0 Å². The Balaban J connectivity index is 5.25. The van der Waals surface area contributed by atoms with Gasteiger partial charge in [-0.3, -0.25) is 37.3 Å². The van der Waals surface area contributed by atoms with E-state index in [4.69, 9.17) is 37.0 Å². The Kier molecular flexibility index (Phi) is 74.7. The summed E-state index contributed by atoms with van der Waals surface area (Å²) in [5.41, 5.74) is 0. The molecule has 0 aromatic heterocycles. The molecule has 0 amide bonds. The molecule has 3 N–H and O–H groups in total. The number of carbonyl (C=O) groups is 4. The summed E-state index contributed by atoms with van der Waals surface area (Å²) in [4.78, 5) is 73.2. The van der Waals surface area contributed by atoms with E-state index in [1.807, 2.05) is 0 Å². The number of esters is 4. The van der Waals surface area contributed by atoms with Crippen molar-refractivity contribution in [1.82, 2.24) is 0 Å². The van der Waals surface area contributed by atoms with Crippen LogP contribution in [-0.2, 0) is 65.4 Å². The van der Waals surface area contributed by atoms with E-state index in [-0.39, 0.29) is 25.7 Å². The molecule has 0 bridgehead atoms. The Bertz CT molecular complexity index is 2030. The Morgan fingerprint density at radius 3 is 0.648 bits per heavy atom. The molecule has 0 rings (SSSR count). The largest absolute Gasteiger partial charge is 0.472 e. The van der Waals surface area contributed by atoms with Crippen LogP contribution in [0.25, 0.3) is 0 Å². The number of rotatable bonds is 84. The first kappa shape index (κ1) is 103. The fraction of sp³-hybridized carbons (Fsp3) is 0.953. The van der Waals surface area contributed by atoms with E-state index in [9.17, 15) is 43.2 Å². The van der Waals surface area contributed by atoms with Crippen molar-refractivity contribution >= 4 is 39.5 Å². The zero-order valence-electron chi connectivity index (χ0n) is 69.2. The monoisotopic (exact) mass is 1540 g/mol. The maximum atomic E-state index is 13.1. The number of phosphoric acid groups is 2. The van der Waals surface area contributed by atoms with Crippen LogP contribution in [0.5, 0.6) is 0 Å². The summed E-state index contributed by atoms with van der Waals surface area (Å²) in [7, 11) is -9.93. The van der Waals surface area contributed by atoms with Crippen LogP contribution in [0.4, 0.5) is 0 Å². The lowest BCUT2D eigenvalue weighted by molar-refractivity contribution is -0.161. The van der Waals surface area contributed by atoms with E-state index >= 15 is 0 Å². The first-order valence-corrected chi connectivity index (χ1v) is 47.3. The summed E-state index contributed by atoms with van der Waals surface area (Å²) in [6.45, 7) is 12.1. The number of aliphatic hydroxyl groups excluding tert-OH is 1. The van der Waals surface area contributed by atoms with Gasteiger partial charge in [0.2, 0.25) is 0 Å². The minimum Gasteiger partial charge on any atom is -0.462 e. The van der Waals surface area contributed by atoms with Crippen LogP contribution in [0.3, 0.4) is 0 Å². The predicted molar refractivity (Wildman–Crippen MR) is 432 cm³/mol. The minimum atomic E-state index is -4.97. The summed E-state index contributed by atoms with van der Waals surface area (Å²) in [6, 6.07) is 0. The summed E-state index contributed by atoms with van der Waals surface area (Å²) in [5.74, 6) is 0.306. The van der Waals surface area contributed by atoms with E-state index in [1.165, 1.54) is 263 Å². The van der Waals surface area contributed by atoms with Crippen molar-refractivity contribution in [3.8, 4) is 0 Å². The normalized spacial score (nSPS) is 13.9. The molecule has 5 atom stereocenters. The maximum absolute atomic E-state index is 13.1. The van der Waals surface area contributed by atoms with Gasteiger partial charge in [0.05, 0.1) is 26.4 Å². The lowest BCUT2D eigenvalue weighted by Crippen LogP contribution is -2.30. The topological polar surface area (TPSA) is 237 Å². The molecule has 0 aliphatic heterocycles. The highest BCUT2D eigenvalue weighted by atomic mass is 31.2. The number of unbranched alkanes of at least 4 members (excludes halogenated alkanes) is 52. The fourth-order valence-electron chi connectivity index (χ4n) is 13.4. The molecular formula is C86H168O17P2. The molecule has 0 aliphatic carbocycles. The van der Waals surface area contributed by atoms with Crippen LogP contribution < -0.4 is 0 Å². The van der Waals surface area contributed by atoms with E-state index in [1.54, 1.807) is 0 Å². The summed E-state index contributed by atoms with van der Waals surface area (Å²) in [5, 5.41) is 10.7. The Labute approximate surface area is 645 Å². The van der Waals surface area contributed by atoms with Crippen molar-refractivity contribution in [2.24, 2.45) is 17.8 Å². The van der Waals surface area contributed by atoms with E-state index < -0.39 is 97.5 Å². The third-order valence-corrected chi connectivity index (χ3v) is 22.0. The number of phosphoric ester groups is 2. The smallest absolute Gasteiger partial charge is 0.462 e. The highest BCUT2D eigenvalue weighted by Gasteiger charge is 2.30. The molecule has 2 unspecified atom stereocenters. The Morgan fingerprint density at radius 1 is 0.257 bits per heavy atom. The van der Waals surface area contributed by atoms with Crippen LogP contribution in [0.2, 0.25) is 0 Å². The van der Waals surface area contributed by atoms with Gasteiger partial charge in [-0.25, -0.2) is 9.13 Å². The van der Waals surface area contributed by atoms with Gasteiger partial charge in [-0.15, -0.1) is 0 Å². The van der Waals surface area contributed by atoms with Gasteiger partial charge in [0, 0.05) is 25.7 Å². The number of carbonyl (C=O) groups excluding carboxylic acids is 4. The van der Waals surface area contributed by atoms with Crippen LogP contribution >= 0.6 is 15.6 Å². The van der Waals surface area contributed by atoms with Crippen molar-refractivity contribution < 1.29 is 80.2 Å². The Hall–Kier alpha value is -1.94. The molecule has 0 aromatic rings. The first-order chi connectivity index (χ1) is 50.7. The van der Waals surface area contributed by atoms with Crippen LogP contribution in [0.1, 0.15) is 453 Å². The number of hydrogen-bond donors (Lipinski definition) is 3. The molecule has 0 heterocycles. The highest BCUT2D eigenvalue weighted by Crippen LogP contribution is 2.45. The zero-order valence-corrected chi connectivity index (χ0v) is 71.0. The zero-order chi connectivity index (χ0) is 77.2. The third kappa shape index (κ3) is 79.9. The molecule has 0 aliphatic rings. The van der Waals surface area contributed by atoms with Gasteiger partial charge in [0.1, 0.15) is 19.3 Å². The summed E-state index contributed by atoms with van der Waals surface area (Å²) >= 11 is 0. The number of ether oxygens (including phenoxy) is 4. The van der Waals surface area contributed by atoms with Crippen molar-refractivity contribution in [3.05, 3.63) is 0 Å². The number of aliphatic hydroxyl groups is 1. The molecule has 105 heavy (non-hydrogen) atoms. The van der Waals surface area contributed by atoms with Crippen molar-refractivity contribution in [2.75, 3.05) is 39.6 Å². The van der Waals surface area contributed by atoms with Crippen LogP contribution in [0, 0.1) is 17.8 Å². The highest BCUT2D eigenvalue weighted by molar-refractivity contribution is 7.47. The fourth-order valence-corrected chi connectivity index (χ4v) is 14.9. The van der Waals surface area contributed by atoms with Gasteiger partial charge in [-0.05, 0) is 43.4 Å². The van der Waals surface area contributed by atoms with Crippen molar-refractivity contribution in [2.45, 2.75) is 471 Å². The third-order valence-electron chi connectivity index (χ3n) is 20.1. The maximum Gasteiger partial charge on any atom is 0.472 e. The molecule has 17 nitrogen and oxygen atoms in total. The standard InChI is InChI=1S/C86H168O17P2/c1-8-9-10-11-12-13-29-39-46-53-60-67-83(88)96-73-81(102-86(91)70-63-56-49-42-35-28-22-25-32-38-45-52-59-66-79(6)7)75-100-104(92,93)98-71-80(87)72-99-105(94,95)101-76-82(103-85(90)69-62-55-48-41-34-27-21-17-15-19-24-31-37-44-51-58-65-78(4)5)74-97-84(89)68-61-54-47-40-33-26-20-16-14-18-23-30-36-43-50-57-64-77(2)3/h77-82,87H,8-76H2,1-7H3,(H,92,93)(H,94,95)/t80-,81+,82+/m0/s1. The second kappa shape index (κ2) is 76.1. The Morgan fingerprint density at radius 2 is 0.438 bits per heavy atom. The molecular weight excluding hydrogens is 1370 g/mol. The molecule has 0 fully saturated rings. The molecule has 0 spiro atoms. The summed E-state index contributed by atoms with van der Waals surface area (Å²) in [6.07, 6.45) is 66.5. The molecule has 0 radical (unpaired) electrons. The van der Waals surface area contributed by atoms with E-state index in [0.717, 1.165) is 108 Å². The molecule has 19 heteroatoms.